The number of Topliss-reactive ketones (excluding diaryl/α,β-unsaturated/α-hetero) is 1. The van der Waals surface area contributed by atoms with Gasteiger partial charge in [0.1, 0.15) is 22.7 Å². The summed E-state index contributed by atoms with van der Waals surface area (Å²) in [5.74, 6) is -0.629. The first-order chi connectivity index (χ1) is 9.65. The molecule has 2 heterocycles. The molecule has 0 unspecified atom stereocenters. The van der Waals surface area contributed by atoms with Crippen LogP contribution >= 0.6 is 11.8 Å². The molecular formula is C13H9FN4OS. The van der Waals surface area contributed by atoms with Crippen LogP contribution in [-0.2, 0) is 0 Å². The number of hydrogen-bond acceptors (Lipinski definition) is 5. The van der Waals surface area contributed by atoms with Crippen LogP contribution in [0.3, 0.4) is 0 Å². The third-order valence-corrected chi connectivity index (χ3v) is 3.79. The van der Waals surface area contributed by atoms with Gasteiger partial charge >= 0.3 is 0 Å². The molecule has 1 N–H and O–H groups in total. The Hall–Kier alpha value is -2.28. The van der Waals surface area contributed by atoms with Gasteiger partial charge in [-0.1, -0.05) is 11.8 Å². The van der Waals surface area contributed by atoms with Crippen LogP contribution in [0.1, 0.15) is 17.3 Å². The molecule has 0 spiro atoms. The van der Waals surface area contributed by atoms with E-state index < -0.39 is 5.82 Å². The minimum absolute atomic E-state index is 0.193. The molecule has 5 nitrogen and oxygen atoms in total. The Balaban J connectivity index is 2.07. The predicted octanol–water partition coefficient (Wildman–Crippen LogP) is 2.85. The van der Waals surface area contributed by atoms with E-state index in [4.69, 9.17) is 0 Å². The number of fused-ring (bicyclic) bond motifs is 1. The Morgan fingerprint density at radius 1 is 1.30 bits per heavy atom. The van der Waals surface area contributed by atoms with Gasteiger partial charge in [-0.15, -0.1) is 0 Å². The van der Waals surface area contributed by atoms with Gasteiger partial charge in [0.15, 0.2) is 11.4 Å². The van der Waals surface area contributed by atoms with Gasteiger partial charge in [0.25, 0.3) is 0 Å². The van der Waals surface area contributed by atoms with Gasteiger partial charge in [0.05, 0.1) is 6.33 Å². The first kappa shape index (κ1) is 12.7. The summed E-state index contributed by atoms with van der Waals surface area (Å²) >= 11 is 1.28. The van der Waals surface area contributed by atoms with Gasteiger partial charge in [0.2, 0.25) is 0 Å². The molecule has 0 fully saturated rings. The van der Waals surface area contributed by atoms with E-state index in [1.54, 1.807) is 6.07 Å². The average Bonchev–Trinajstić information content (AvgIpc) is 2.90. The number of rotatable bonds is 3. The second kappa shape index (κ2) is 5.01. The van der Waals surface area contributed by atoms with Gasteiger partial charge in [-0.05, 0) is 25.1 Å². The third kappa shape index (κ3) is 2.27. The number of nitrogens with zero attached hydrogens (tertiary/aromatic N) is 3. The summed E-state index contributed by atoms with van der Waals surface area (Å²) in [6, 6.07) is 4.12. The van der Waals surface area contributed by atoms with Crippen molar-refractivity contribution in [3.63, 3.8) is 0 Å². The standard InChI is InChI=1S/C13H9FN4OS/c1-7(19)9-4-8(14)2-3-10(9)20-13-11-12(16-5-15-11)17-6-18-13/h2-6H,1H3,(H,15,16,17,18). The minimum Gasteiger partial charge on any atom is -0.341 e. The largest absolute Gasteiger partial charge is 0.341 e. The highest BCUT2D eigenvalue weighted by Crippen LogP contribution is 2.32. The Kier molecular flexibility index (Phi) is 3.19. The molecule has 1 aromatic carbocycles. The van der Waals surface area contributed by atoms with E-state index in [9.17, 15) is 9.18 Å². The second-order valence-corrected chi connectivity index (χ2v) is 5.11. The van der Waals surface area contributed by atoms with Gasteiger partial charge in [-0.2, -0.15) is 0 Å². The Morgan fingerprint density at radius 2 is 2.15 bits per heavy atom. The van der Waals surface area contributed by atoms with Gasteiger partial charge in [-0.3, -0.25) is 4.79 Å². The van der Waals surface area contributed by atoms with E-state index in [2.05, 4.69) is 19.9 Å². The topological polar surface area (TPSA) is 71.5 Å². The van der Waals surface area contributed by atoms with Crippen LogP contribution in [0.15, 0.2) is 40.8 Å². The number of aromatic nitrogens is 4. The molecule has 100 valence electrons. The Bertz CT molecular complexity index is 802. The predicted molar refractivity (Wildman–Crippen MR) is 72.2 cm³/mol. The lowest BCUT2D eigenvalue weighted by molar-refractivity contribution is 0.101. The Labute approximate surface area is 117 Å². The van der Waals surface area contributed by atoms with Crippen molar-refractivity contribution < 1.29 is 9.18 Å². The normalized spacial score (nSPS) is 10.9. The molecule has 0 atom stereocenters. The number of carbonyl (C=O) groups excluding carboxylic acids is 1. The van der Waals surface area contributed by atoms with Crippen molar-refractivity contribution in [1.29, 1.82) is 0 Å². The molecule has 0 aliphatic rings. The summed E-state index contributed by atoms with van der Waals surface area (Å²) in [4.78, 5) is 27.4. The van der Waals surface area contributed by atoms with Crippen LogP contribution in [0, 0.1) is 5.82 Å². The molecule has 0 saturated carbocycles. The highest BCUT2D eigenvalue weighted by molar-refractivity contribution is 7.99. The maximum Gasteiger partial charge on any atom is 0.181 e. The van der Waals surface area contributed by atoms with Crippen molar-refractivity contribution >= 4 is 28.7 Å². The van der Waals surface area contributed by atoms with Crippen LogP contribution in [0.2, 0.25) is 0 Å². The van der Waals surface area contributed by atoms with Crippen molar-refractivity contribution in [3.05, 3.63) is 42.2 Å². The molecule has 0 amide bonds. The van der Waals surface area contributed by atoms with E-state index in [1.165, 1.54) is 43.5 Å². The third-order valence-electron chi connectivity index (χ3n) is 2.72. The number of carbonyl (C=O) groups is 1. The lowest BCUT2D eigenvalue weighted by atomic mass is 10.1. The maximum atomic E-state index is 13.2. The highest BCUT2D eigenvalue weighted by atomic mass is 32.2. The van der Waals surface area contributed by atoms with E-state index >= 15 is 0 Å². The zero-order valence-electron chi connectivity index (χ0n) is 10.4. The van der Waals surface area contributed by atoms with Crippen LogP contribution in [0.5, 0.6) is 0 Å². The zero-order valence-corrected chi connectivity index (χ0v) is 11.2. The first-order valence-corrected chi connectivity index (χ1v) is 6.59. The molecule has 0 aliphatic carbocycles. The van der Waals surface area contributed by atoms with E-state index in [-0.39, 0.29) is 5.78 Å². The van der Waals surface area contributed by atoms with Gasteiger partial charge in [-0.25, -0.2) is 19.3 Å². The summed E-state index contributed by atoms with van der Waals surface area (Å²) < 4.78 is 13.2. The smallest absolute Gasteiger partial charge is 0.181 e. The number of hydrogen-bond donors (Lipinski definition) is 1. The molecule has 7 heteroatoms. The van der Waals surface area contributed by atoms with Gasteiger partial charge < -0.3 is 4.98 Å². The van der Waals surface area contributed by atoms with Crippen molar-refractivity contribution in [3.8, 4) is 0 Å². The van der Waals surface area contributed by atoms with Crippen LogP contribution < -0.4 is 0 Å². The Morgan fingerprint density at radius 3 is 2.95 bits per heavy atom. The molecule has 3 rings (SSSR count). The molecule has 3 aromatic rings. The molecule has 0 saturated heterocycles. The van der Waals surface area contributed by atoms with E-state index in [1.807, 2.05) is 0 Å². The number of benzene rings is 1. The quantitative estimate of drug-likeness (QED) is 0.592. The minimum atomic E-state index is -0.436. The van der Waals surface area contributed by atoms with Crippen LogP contribution in [-0.4, -0.2) is 25.7 Å². The van der Waals surface area contributed by atoms with Crippen molar-refractivity contribution in [2.45, 2.75) is 16.8 Å². The molecule has 0 radical (unpaired) electrons. The molecular weight excluding hydrogens is 279 g/mol. The summed E-state index contributed by atoms with van der Waals surface area (Å²) in [5, 5.41) is 0.640. The average molecular weight is 288 g/mol. The number of imidazole rings is 1. The molecule has 0 bridgehead atoms. The number of nitrogens with one attached hydrogen (secondary N) is 1. The molecule has 20 heavy (non-hydrogen) atoms. The summed E-state index contributed by atoms with van der Waals surface area (Å²) in [6.07, 6.45) is 2.93. The fourth-order valence-electron chi connectivity index (χ4n) is 1.79. The first-order valence-electron chi connectivity index (χ1n) is 5.77. The summed E-state index contributed by atoms with van der Waals surface area (Å²) in [7, 11) is 0. The lowest BCUT2D eigenvalue weighted by Crippen LogP contribution is -1.97. The summed E-state index contributed by atoms with van der Waals surface area (Å²) in [6.45, 7) is 1.41. The maximum absolute atomic E-state index is 13.2. The molecule has 0 aliphatic heterocycles. The van der Waals surface area contributed by atoms with Crippen molar-refractivity contribution in [2.75, 3.05) is 0 Å². The SMILES string of the molecule is CC(=O)c1cc(F)ccc1Sc1ncnc2nc[nH]c12. The van der Waals surface area contributed by atoms with Crippen LogP contribution in [0.25, 0.3) is 11.2 Å². The number of aromatic amines is 1. The summed E-state index contributed by atoms with van der Waals surface area (Å²) in [5.41, 5.74) is 1.58. The van der Waals surface area contributed by atoms with E-state index in [0.717, 1.165) is 0 Å². The number of ketones is 1. The van der Waals surface area contributed by atoms with Crippen molar-refractivity contribution in [2.24, 2.45) is 0 Å². The second-order valence-electron chi connectivity index (χ2n) is 4.08. The fraction of sp³-hybridized carbons (Fsp3) is 0.0769. The zero-order chi connectivity index (χ0) is 14.1. The highest BCUT2D eigenvalue weighted by Gasteiger charge is 2.13. The molecule has 2 aromatic heterocycles. The van der Waals surface area contributed by atoms with E-state index in [0.29, 0.717) is 26.6 Å². The lowest BCUT2D eigenvalue weighted by Gasteiger charge is -2.06. The monoisotopic (exact) mass is 288 g/mol. The van der Waals surface area contributed by atoms with Crippen LogP contribution in [0.4, 0.5) is 4.39 Å². The number of halogens is 1. The number of H-pyrrole nitrogens is 1. The van der Waals surface area contributed by atoms with Crippen molar-refractivity contribution in [1.82, 2.24) is 19.9 Å². The fourth-order valence-corrected chi connectivity index (χ4v) is 2.80. The van der Waals surface area contributed by atoms with Gasteiger partial charge in [0, 0.05) is 10.5 Å².